The number of morpholine rings is 1. The Kier molecular flexibility index (Phi) is 6.76. The van der Waals surface area contributed by atoms with E-state index in [9.17, 15) is 18.0 Å². The van der Waals surface area contributed by atoms with E-state index in [1.807, 2.05) is 27.7 Å². The molecule has 3 rings (SSSR count). The highest BCUT2D eigenvalue weighted by Crippen LogP contribution is 2.34. The fourth-order valence-corrected chi connectivity index (χ4v) is 3.54. The van der Waals surface area contributed by atoms with Gasteiger partial charge >= 0.3 is 6.18 Å². The molecule has 1 aliphatic heterocycles. The predicted octanol–water partition coefficient (Wildman–Crippen LogP) is 3.53. The Balaban J connectivity index is 1.92. The van der Waals surface area contributed by atoms with Gasteiger partial charge in [0, 0.05) is 30.2 Å². The third-order valence-electron chi connectivity index (χ3n) is 5.16. The molecule has 1 atom stereocenters. The maximum atomic E-state index is 12.7. The standard InChI is InChI=1S/C22H29F3N4O2/c1-13-7-18(20(30)27-10-15-11-31-6-5-26-15)29-19-16(13)8-14(28-12-22(23,24)25)9-17(19)21(2,3)4/h7-9,15,26,28H,5-6,10-12H2,1-4H3,(H,27,30). The Morgan fingerprint density at radius 2 is 2.00 bits per heavy atom. The van der Waals surface area contributed by atoms with Crippen LogP contribution in [-0.2, 0) is 10.2 Å². The Morgan fingerprint density at radius 3 is 2.61 bits per heavy atom. The molecule has 0 bridgehead atoms. The molecule has 9 heteroatoms. The second-order valence-corrected chi connectivity index (χ2v) is 8.90. The molecule has 1 amide bonds. The van der Waals surface area contributed by atoms with Crippen molar-refractivity contribution in [2.75, 3.05) is 38.2 Å². The van der Waals surface area contributed by atoms with Crippen LogP contribution in [0.2, 0.25) is 0 Å². The van der Waals surface area contributed by atoms with Gasteiger partial charge in [0.05, 0.1) is 18.7 Å². The summed E-state index contributed by atoms with van der Waals surface area (Å²) in [5.74, 6) is -0.295. The highest BCUT2D eigenvalue weighted by molar-refractivity contribution is 5.97. The first-order chi connectivity index (χ1) is 14.4. The highest BCUT2D eigenvalue weighted by atomic mass is 19.4. The minimum Gasteiger partial charge on any atom is -0.378 e. The number of hydrogen-bond acceptors (Lipinski definition) is 5. The van der Waals surface area contributed by atoms with Crippen LogP contribution in [0.5, 0.6) is 0 Å². The van der Waals surface area contributed by atoms with Gasteiger partial charge in [-0.25, -0.2) is 4.98 Å². The minimum atomic E-state index is -4.32. The second-order valence-electron chi connectivity index (χ2n) is 8.90. The fourth-order valence-electron chi connectivity index (χ4n) is 3.54. The summed E-state index contributed by atoms with van der Waals surface area (Å²) in [4.78, 5) is 17.3. The maximum absolute atomic E-state index is 12.7. The molecule has 0 aliphatic carbocycles. The topological polar surface area (TPSA) is 75.3 Å². The van der Waals surface area contributed by atoms with E-state index in [4.69, 9.17) is 4.74 Å². The summed E-state index contributed by atoms with van der Waals surface area (Å²) in [6, 6.07) is 5.06. The van der Waals surface area contributed by atoms with Crippen molar-refractivity contribution in [1.82, 2.24) is 15.6 Å². The first kappa shape index (κ1) is 23.3. The lowest BCUT2D eigenvalue weighted by molar-refractivity contribution is -0.115. The van der Waals surface area contributed by atoms with Gasteiger partial charge in [0.25, 0.3) is 5.91 Å². The lowest BCUT2D eigenvalue weighted by Crippen LogP contribution is -2.48. The SMILES string of the molecule is Cc1cc(C(=O)NCC2COCCN2)nc2c(C(C)(C)C)cc(NCC(F)(F)F)cc12. The molecule has 3 N–H and O–H groups in total. The summed E-state index contributed by atoms with van der Waals surface area (Å²) >= 11 is 0. The molecule has 0 spiro atoms. The zero-order valence-electron chi connectivity index (χ0n) is 18.2. The van der Waals surface area contributed by atoms with Crippen LogP contribution in [0.25, 0.3) is 10.9 Å². The quantitative estimate of drug-likeness (QED) is 0.666. The first-order valence-electron chi connectivity index (χ1n) is 10.3. The lowest BCUT2D eigenvalue weighted by atomic mass is 9.84. The van der Waals surface area contributed by atoms with E-state index in [1.165, 1.54) is 0 Å². The van der Waals surface area contributed by atoms with E-state index in [-0.39, 0.29) is 23.1 Å². The number of alkyl halides is 3. The van der Waals surface area contributed by atoms with Crippen molar-refractivity contribution in [3.05, 3.63) is 35.0 Å². The zero-order chi connectivity index (χ0) is 22.8. The third-order valence-corrected chi connectivity index (χ3v) is 5.16. The molecule has 1 unspecified atom stereocenters. The molecule has 0 radical (unpaired) electrons. The molecular formula is C22H29F3N4O2. The Hall–Kier alpha value is -2.39. The van der Waals surface area contributed by atoms with Gasteiger partial charge in [-0.15, -0.1) is 0 Å². The van der Waals surface area contributed by atoms with Crippen LogP contribution < -0.4 is 16.0 Å². The van der Waals surface area contributed by atoms with Gasteiger partial charge in [0.15, 0.2) is 0 Å². The molecule has 2 heterocycles. The van der Waals surface area contributed by atoms with E-state index < -0.39 is 12.7 Å². The Bertz CT molecular complexity index is 948. The monoisotopic (exact) mass is 438 g/mol. The summed E-state index contributed by atoms with van der Waals surface area (Å²) in [6.45, 7) is 8.97. The van der Waals surface area contributed by atoms with E-state index in [0.29, 0.717) is 31.0 Å². The van der Waals surface area contributed by atoms with Gasteiger partial charge in [-0.1, -0.05) is 20.8 Å². The van der Waals surface area contributed by atoms with Crippen molar-refractivity contribution in [2.24, 2.45) is 0 Å². The number of carbonyl (C=O) groups excluding carboxylic acids is 1. The van der Waals surface area contributed by atoms with Crippen LogP contribution in [0.1, 0.15) is 42.4 Å². The average molecular weight is 438 g/mol. The molecule has 1 saturated heterocycles. The third kappa shape index (κ3) is 6.07. The van der Waals surface area contributed by atoms with Crippen LogP contribution in [0, 0.1) is 6.92 Å². The summed E-state index contributed by atoms with van der Waals surface area (Å²) in [5.41, 5.74) is 2.44. The predicted molar refractivity (Wildman–Crippen MR) is 115 cm³/mol. The van der Waals surface area contributed by atoms with Crippen molar-refractivity contribution in [3.8, 4) is 0 Å². The summed E-state index contributed by atoms with van der Waals surface area (Å²) < 4.78 is 43.5. The van der Waals surface area contributed by atoms with Crippen molar-refractivity contribution >= 4 is 22.5 Å². The van der Waals surface area contributed by atoms with Crippen LogP contribution in [0.3, 0.4) is 0 Å². The number of carbonyl (C=O) groups is 1. The molecular weight excluding hydrogens is 409 g/mol. The Morgan fingerprint density at radius 1 is 1.26 bits per heavy atom. The molecule has 1 aromatic heterocycles. The number of amides is 1. The zero-order valence-corrected chi connectivity index (χ0v) is 18.2. The number of pyridine rings is 1. The molecule has 31 heavy (non-hydrogen) atoms. The molecule has 2 aromatic rings. The van der Waals surface area contributed by atoms with Crippen LogP contribution >= 0.6 is 0 Å². The highest BCUT2D eigenvalue weighted by Gasteiger charge is 2.27. The van der Waals surface area contributed by atoms with Crippen LogP contribution in [0.15, 0.2) is 18.2 Å². The van der Waals surface area contributed by atoms with Crippen molar-refractivity contribution in [1.29, 1.82) is 0 Å². The van der Waals surface area contributed by atoms with Crippen LogP contribution in [-0.4, -0.2) is 56.0 Å². The number of halogens is 3. The van der Waals surface area contributed by atoms with Crippen molar-refractivity contribution in [2.45, 2.75) is 45.3 Å². The molecule has 170 valence electrons. The average Bonchev–Trinajstić information content (AvgIpc) is 2.69. The van der Waals surface area contributed by atoms with Gasteiger partial charge in [-0.2, -0.15) is 13.2 Å². The number of aromatic nitrogens is 1. The number of fused-ring (bicyclic) bond motifs is 1. The Labute approximate surface area is 179 Å². The second kappa shape index (κ2) is 9.00. The molecule has 0 saturated carbocycles. The molecule has 1 fully saturated rings. The van der Waals surface area contributed by atoms with Gasteiger partial charge in [-0.05, 0) is 41.7 Å². The summed E-state index contributed by atoms with van der Waals surface area (Å²) in [6.07, 6.45) is -4.32. The fraction of sp³-hybridized carbons (Fsp3) is 0.545. The van der Waals surface area contributed by atoms with Crippen molar-refractivity contribution < 1.29 is 22.7 Å². The largest absolute Gasteiger partial charge is 0.405 e. The van der Waals surface area contributed by atoms with E-state index >= 15 is 0 Å². The number of ether oxygens (including phenoxy) is 1. The lowest BCUT2D eigenvalue weighted by Gasteiger charge is -2.24. The van der Waals surface area contributed by atoms with Gasteiger partial charge in [-0.3, -0.25) is 4.79 Å². The maximum Gasteiger partial charge on any atom is 0.405 e. The molecule has 1 aliphatic rings. The normalized spacial score (nSPS) is 17.6. The number of nitrogens with one attached hydrogen (secondary N) is 3. The number of anilines is 1. The van der Waals surface area contributed by atoms with Crippen LogP contribution in [0.4, 0.5) is 18.9 Å². The van der Waals surface area contributed by atoms with E-state index in [0.717, 1.165) is 23.1 Å². The van der Waals surface area contributed by atoms with Gasteiger partial charge < -0.3 is 20.7 Å². The minimum absolute atomic E-state index is 0.0478. The number of hydrogen-bond donors (Lipinski definition) is 3. The number of benzene rings is 1. The summed E-state index contributed by atoms with van der Waals surface area (Å²) in [5, 5.41) is 9.34. The molecule has 6 nitrogen and oxygen atoms in total. The number of nitrogens with zero attached hydrogens (tertiary/aromatic N) is 1. The smallest absolute Gasteiger partial charge is 0.378 e. The van der Waals surface area contributed by atoms with Gasteiger partial charge in [0.2, 0.25) is 0 Å². The van der Waals surface area contributed by atoms with Gasteiger partial charge in [0.1, 0.15) is 12.2 Å². The first-order valence-corrected chi connectivity index (χ1v) is 10.3. The number of aryl methyl sites for hydroxylation is 1. The van der Waals surface area contributed by atoms with E-state index in [2.05, 4.69) is 20.9 Å². The summed E-state index contributed by atoms with van der Waals surface area (Å²) in [7, 11) is 0. The van der Waals surface area contributed by atoms with Crippen molar-refractivity contribution in [3.63, 3.8) is 0 Å². The van der Waals surface area contributed by atoms with E-state index in [1.54, 1.807) is 18.2 Å². The number of rotatable bonds is 5. The molecule has 1 aromatic carbocycles.